The standard InChI is InChI=1S/C27H32O6/c1-17(2)12-14-27(15-13-18(3)4)24(30)16-21(29)25(26(27)31)20(28)11-10-19-22(32-5)8-7-9-23(19)33-6/h7-11,16,25,30H,1,3,12-15H2,2,4-6H3. The van der Waals surface area contributed by atoms with E-state index in [2.05, 4.69) is 13.2 Å². The molecule has 0 fully saturated rings. The maximum Gasteiger partial charge on any atom is 0.177 e. The van der Waals surface area contributed by atoms with Crippen LogP contribution in [0.2, 0.25) is 0 Å². The summed E-state index contributed by atoms with van der Waals surface area (Å²) in [6.07, 6.45) is 5.17. The van der Waals surface area contributed by atoms with E-state index in [9.17, 15) is 19.5 Å². The molecule has 0 aromatic heterocycles. The van der Waals surface area contributed by atoms with Crippen LogP contribution in [0, 0.1) is 11.3 Å². The molecule has 1 atom stereocenters. The molecule has 1 unspecified atom stereocenters. The molecule has 0 saturated heterocycles. The van der Waals surface area contributed by atoms with Gasteiger partial charge in [-0.2, -0.15) is 0 Å². The Balaban J connectivity index is 2.46. The van der Waals surface area contributed by atoms with E-state index in [1.165, 1.54) is 26.4 Å². The number of allylic oxidation sites excluding steroid dienone is 5. The first kappa shape index (κ1) is 25.8. The van der Waals surface area contributed by atoms with Crippen LogP contribution in [-0.2, 0) is 14.4 Å². The van der Waals surface area contributed by atoms with Crippen molar-refractivity contribution in [3.63, 3.8) is 0 Å². The van der Waals surface area contributed by atoms with Gasteiger partial charge in [0.2, 0.25) is 0 Å². The third-order valence-corrected chi connectivity index (χ3v) is 5.91. The molecule has 2 rings (SSSR count). The van der Waals surface area contributed by atoms with Crippen LogP contribution < -0.4 is 9.47 Å². The lowest BCUT2D eigenvalue weighted by molar-refractivity contribution is -0.143. The van der Waals surface area contributed by atoms with Gasteiger partial charge in [-0.05, 0) is 63.8 Å². The highest BCUT2D eigenvalue weighted by Gasteiger charge is 2.51. The smallest absolute Gasteiger partial charge is 0.177 e. The lowest BCUT2D eigenvalue weighted by Gasteiger charge is -2.37. The first-order valence-corrected chi connectivity index (χ1v) is 10.8. The number of ether oxygens (including phenoxy) is 2. The maximum atomic E-state index is 13.6. The van der Waals surface area contributed by atoms with Gasteiger partial charge in [0.05, 0.1) is 25.2 Å². The number of rotatable bonds is 11. The zero-order valence-electron chi connectivity index (χ0n) is 19.8. The van der Waals surface area contributed by atoms with Crippen molar-refractivity contribution in [2.24, 2.45) is 11.3 Å². The molecule has 0 heterocycles. The van der Waals surface area contributed by atoms with Gasteiger partial charge in [-0.1, -0.05) is 17.2 Å². The van der Waals surface area contributed by atoms with Crippen LogP contribution in [0.25, 0.3) is 6.08 Å². The molecule has 33 heavy (non-hydrogen) atoms. The van der Waals surface area contributed by atoms with Gasteiger partial charge in [-0.15, -0.1) is 13.2 Å². The number of aliphatic hydroxyl groups excluding tert-OH is 1. The average molecular weight is 453 g/mol. The molecule has 6 nitrogen and oxygen atoms in total. The fourth-order valence-electron chi connectivity index (χ4n) is 3.94. The Hall–Kier alpha value is -3.41. The van der Waals surface area contributed by atoms with Gasteiger partial charge in [0.1, 0.15) is 23.2 Å². The number of carbonyl (C=O) groups excluding carboxylic acids is 3. The molecule has 1 aromatic carbocycles. The molecule has 0 amide bonds. The molecule has 0 spiro atoms. The molecular formula is C27H32O6. The number of ketones is 3. The van der Waals surface area contributed by atoms with Crippen LogP contribution in [0.3, 0.4) is 0 Å². The monoisotopic (exact) mass is 452 g/mol. The quantitative estimate of drug-likeness (QED) is 0.282. The lowest BCUT2D eigenvalue weighted by Crippen LogP contribution is -2.47. The van der Waals surface area contributed by atoms with E-state index < -0.39 is 28.7 Å². The highest BCUT2D eigenvalue weighted by molar-refractivity contribution is 6.28. The topological polar surface area (TPSA) is 89.9 Å². The number of hydrogen-bond acceptors (Lipinski definition) is 6. The van der Waals surface area contributed by atoms with E-state index in [4.69, 9.17) is 9.47 Å². The Labute approximate surface area is 195 Å². The van der Waals surface area contributed by atoms with Gasteiger partial charge in [0, 0.05) is 6.08 Å². The second-order valence-corrected chi connectivity index (χ2v) is 8.54. The SMILES string of the molecule is C=C(C)CCC1(CCC(=C)C)C(=O)C(C(=O)C=Cc2c(OC)cccc2OC)C(=O)C=C1O. The molecule has 1 aliphatic carbocycles. The summed E-state index contributed by atoms with van der Waals surface area (Å²) < 4.78 is 10.7. The summed E-state index contributed by atoms with van der Waals surface area (Å²) in [5.41, 5.74) is 0.865. The summed E-state index contributed by atoms with van der Waals surface area (Å²) in [5, 5.41) is 10.7. The van der Waals surface area contributed by atoms with Crippen molar-refractivity contribution in [2.45, 2.75) is 39.5 Å². The van der Waals surface area contributed by atoms with Crippen LogP contribution in [0.15, 0.2) is 60.4 Å². The molecule has 1 aliphatic rings. The van der Waals surface area contributed by atoms with Crippen molar-refractivity contribution in [3.05, 3.63) is 66.0 Å². The predicted molar refractivity (Wildman–Crippen MR) is 128 cm³/mol. The molecule has 176 valence electrons. The van der Waals surface area contributed by atoms with Gasteiger partial charge in [0.15, 0.2) is 17.3 Å². The maximum absolute atomic E-state index is 13.6. The summed E-state index contributed by atoms with van der Waals surface area (Å²) in [5.74, 6) is -2.81. The number of carbonyl (C=O) groups is 3. The van der Waals surface area contributed by atoms with Crippen molar-refractivity contribution < 1.29 is 29.0 Å². The van der Waals surface area contributed by atoms with Crippen LogP contribution in [0.4, 0.5) is 0 Å². The van der Waals surface area contributed by atoms with Crippen molar-refractivity contribution in [2.75, 3.05) is 14.2 Å². The highest BCUT2D eigenvalue weighted by atomic mass is 16.5. The highest BCUT2D eigenvalue weighted by Crippen LogP contribution is 2.44. The summed E-state index contributed by atoms with van der Waals surface area (Å²) in [6, 6.07) is 5.17. The van der Waals surface area contributed by atoms with E-state index in [-0.39, 0.29) is 18.6 Å². The third-order valence-electron chi connectivity index (χ3n) is 5.91. The average Bonchev–Trinajstić information content (AvgIpc) is 2.76. The molecule has 1 N–H and O–H groups in total. The van der Waals surface area contributed by atoms with Crippen molar-refractivity contribution in [3.8, 4) is 11.5 Å². The summed E-state index contributed by atoms with van der Waals surface area (Å²) in [4.78, 5) is 39.4. The van der Waals surface area contributed by atoms with Crippen molar-refractivity contribution in [1.29, 1.82) is 0 Å². The Morgan fingerprint density at radius 3 is 2.03 bits per heavy atom. The fraction of sp³-hybridized carbons (Fsp3) is 0.370. The first-order valence-electron chi connectivity index (χ1n) is 10.8. The van der Waals surface area contributed by atoms with E-state index in [0.29, 0.717) is 29.9 Å². The van der Waals surface area contributed by atoms with E-state index in [1.54, 1.807) is 18.2 Å². The molecule has 0 bridgehead atoms. The largest absolute Gasteiger partial charge is 0.511 e. The van der Waals surface area contributed by atoms with Gasteiger partial charge < -0.3 is 14.6 Å². The molecular weight excluding hydrogens is 420 g/mol. The zero-order chi connectivity index (χ0) is 24.8. The van der Waals surface area contributed by atoms with Crippen molar-refractivity contribution >= 4 is 23.4 Å². The normalized spacial score (nSPS) is 17.6. The molecule has 1 aromatic rings. The lowest BCUT2D eigenvalue weighted by atomic mass is 9.64. The number of benzene rings is 1. The van der Waals surface area contributed by atoms with Gasteiger partial charge in [-0.25, -0.2) is 0 Å². The van der Waals surface area contributed by atoms with Crippen molar-refractivity contribution in [1.82, 2.24) is 0 Å². The van der Waals surface area contributed by atoms with Crippen LogP contribution >= 0.6 is 0 Å². The number of hydrogen-bond donors (Lipinski definition) is 1. The summed E-state index contributed by atoms with van der Waals surface area (Å²) in [6.45, 7) is 11.4. The minimum absolute atomic E-state index is 0.262. The van der Waals surface area contributed by atoms with E-state index in [0.717, 1.165) is 17.2 Å². The number of Topliss-reactive ketones (excluding diaryl/α,β-unsaturated/α-hetero) is 1. The van der Waals surface area contributed by atoms with Gasteiger partial charge in [0.25, 0.3) is 0 Å². The molecule has 0 radical (unpaired) electrons. The third kappa shape index (κ3) is 5.69. The second-order valence-electron chi connectivity index (χ2n) is 8.54. The summed E-state index contributed by atoms with van der Waals surface area (Å²) in [7, 11) is 2.99. The Kier molecular flexibility index (Phi) is 8.57. The molecule has 6 heteroatoms. The predicted octanol–water partition coefficient (Wildman–Crippen LogP) is 5.20. The van der Waals surface area contributed by atoms with Gasteiger partial charge in [-0.3, -0.25) is 14.4 Å². The number of aliphatic hydroxyl groups is 1. The first-order chi connectivity index (χ1) is 15.6. The Bertz CT molecular complexity index is 987. The molecule has 0 aliphatic heterocycles. The van der Waals surface area contributed by atoms with Crippen LogP contribution in [0.5, 0.6) is 11.5 Å². The Morgan fingerprint density at radius 2 is 1.58 bits per heavy atom. The van der Waals surface area contributed by atoms with Gasteiger partial charge >= 0.3 is 0 Å². The number of methoxy groups -OCH3 is 2. The summed E-state index contributed by atoms with van der Waals surface area (Å²) >= 11 is 0. The van der Waals surface area contributed by atoms with E-state index in [1.807, 2.05) is 13.8 Å². The van der Waals surface area contributed by atoms with E-state index >= 15 is 0 Å². The Morgan fingerprint density at radius 1 is 1.06 bits per heavy atom. The van der Waals surface area contributed by atoms with Crippen LogP contribution in [-0.4, -0.2) is 36.7 Å². The zero-order valence-corrected chi connectivity index (χ0v) is 19.8. The minimum Gasteiger partial charge on any atom is -0.511 e. The van der Waals surface area contributed by atoms with Crippen LogP contribution in [0.1, 0.15) is 45.1 Å². The fourth-order valence-corrected chi connectivity index (χ4v) is 3.94. The minimum atomic E-state index is -1.52. The second kappa shape index (κ2) is 10.9. The molecule has 0 saturated carbocycles.